The molecule has 0 radical (unpaired) electrons. The summed E-state index contributed by atoms with van der Waals surface area (Å²) in [6, 6.07) is 0. The van der Waals surface area contributed by atoms with Gasteiger partial charge in [-0.25, -0.2) is 19.2 Å². The lowest BCUT2D eigenvalue weighted by atomic mass is 10.1. The van der Waals surface area contributed by atoms with Crippen LogP contribution >= 0.6 is 0 Å². The van der Waals surface area contributed by atoms with Gasteiger partial charge in [0.1, 0.15) is 6.61 Å². The Morgan fingerprint density at radius 2 is 1.07 bits per heavy atom. The number of carbonyl (C=O) groups excluding carboxylic acids is 4. The number of alkyl carbamates (subject to hydrolysis) is 3. The number of nitrogens with one attached hydrogen (secondary N) is 3. The molecule has 56 heavy (non-hydrogen) atoms. The van der Waals surface area contributed by atoms with Crippen LogP contribution in [0.4, 0.5) is 19.2 Å². The molecule has 3 N–H and O–H groups in total. The average Bonchev–Trinajstić information content (AvgIpc) is 4.12. The summed E-state index contributed by atoms with van der Waals surface area (Å²) in [7, 11) is 0. The van der Waals surface area contributed by atoms with E-state index in [4.69, 9.17) is 30.1 Å². The van der Waals surface area contributed by atoms with Gasteiger partial charge in [-0.2, -0.15) is 0 Å². The number of hydrogen-bond donors (Lipinski definition) is 3. The molecule has 3 saturated carbocycles. The summed E-state index contributed by atoms with van der Waals surface area (Å²) < 4.78 is 27.4. The molecule has 0 aromatic heterocycles. The Bertz CT molecular complexity index is 1370. The zero-order valence-corrected chi connectivity index (χ0v) is 33.2. The monoisotopic (exact) mass is 778 g/mol. The smallest absolute Gasteiger partial charge is 0.409 e. The maximum atomic E-state index is 13.1. The van der Waals surface area contributed by atoms with Crippen LogP contribution in [-0.2, 0) is 23.7 Å². The van der Waals surface area contributed by atoms with Gasteiger partial charge < -0.3 is 44.5 Å². The Morgan fingerprint density at radius 1 is 0.607 bits per heavy atom. The van der Waals surface area contributed by atoms with Crippen molar-refractivity contribution in [1.82, 2.24) is 20.9 Å². The molecule has 0 aromatic rings. The van der Waals surface area contributed by atoms with Crippen molar-refractivity contribution in [2.75, 3.05) is 72.4 Å². The minimum Gasteiger partial charge on any atom is -0.449 e. The van der Waals surface area contributed by atoms with Gasteiger partial charge in [-0.1, -0.05) is 19.8 Å². The maximum absolute atomic E-state index is 13.1. The first kappa shape index (κ1) is 42.9. The summed E-state index contributed by atoms with van der Waals surface area (Å²) in [4.78, 5) is 51.6. The number of carbonyl (C=O) groups is 4. The van der Waals surface area contributed by atoms with Crippen LogP contribution in [0.2, 0.25) is 0 Å². The molecule has 13 nitrogen and oxygen atoms in total. The Balaban J connectivity index is 0.951. The molecule has 0 unspecified atom stereocenters. The van der Waals surface area contributed by atoms with Gasteiger partial charge in [-0.15, -0.1) is 36.0 Å². The van der Waals surface area contributed by atoms with E-state index in [0.29, 0.717) is 73.1 Å². The van der Waals surface area contributed by atoms with Crippen LogP contribution in [0.15, 0.2) is 0 Å². The lowest BCUT2D eigenvalue weighted by Crippen LogP contribution is -2.43. The summed E-state index contributed by atoms with van der Waals surface area (Å²) >= 11 is 0. The fourth-order valence-electron chi connectivity index (χ4n) is 8.93. The van der Waals surface area contributed by atoms with Crippen LogP contribution < -0.4 is 16.0 Å². The fourth-order valence-corrected chi connectivity index (χ4v) is 8.93. The van der Waals surface area contributed by atoms with E-state index in [-0.39, 0.29) is 52.5 Å². The lowest BCUT2D eigenvalue weighted by molar-refractivity contribution is 0.0550. The number of fused-ring (bicyclic) bond motifs is 2. The lowest BCUT2D eigenvalue weighted by Gasteiger charge is -2.22. The van der Waals surface area contributed by atoms with Gasteiger partial charge in [0.2, 0.25) is 0 Å². The first-order chi connectivity index (χ1) is 27.4. The molecule has 5 aliphatic carbocycles. The molecule has 5 aliphatic rings. The van der Waals surface area contributed by atoms with Crippen molar-refractivity contribution in [1.29, 1.82) is 0 Å². The minimum absolute atomic E-state index is 0.0201. The highest BCUT2D eigenvalue weighted by Gasteiger charge is 2.50. The van der Waals surface area contributed by atoms with Crippen LogP contribution in [0, 0.1) is 89.3 Å². The SMILES string of the molecule is C#CCC[C@H]1[C@@H](CCC)[C@H]1COC(=O)NCCOCCOC(=O)N(CCNC(=O)OC[C@@H]1[C@@H]2CCC#CCC[C@@H]21)CCNC(=O)OC[C@@H]1[C@@H]2CCC#CCC[C@@H]21. The number of ether oxygens (including phenoxy) is 5. The Morgan fingerprint density at radius 3 is 1.55 bits per heavy atom. The van der Waals surface area contributed by atoms with Crippen molar-refractivity contribution < 1.29 is 42.9 Å². The predicted molar refractivity (Wildman–Crippen MR) is 209 cm³/mol. The highest BCUT2D eigenvalue weighted by atomic mass is 16.6. The number of rotatable bonds is 22. The molecule has 0 bridgehead atoms. The molecule has 0 heterocycles. The van der Waals surface area contributed by atoms with Crippen LogP contribution in [0.5, 0.6) is 0 Å². The molecule has 4 amide bonds. The summed E-state index contributed by atoms with van der Waals surface area (Å²) in [6.45, 7) is 4.42. The zero-order valence-electron chi connectivity index (χ0n) is 33.2. The van der Waals surface area contributed by atoms with Gasteiger partial charge in [0, 0.05) is 64.8 Å². The highest BCUT2D eigenvalue weighted by Crippen LogP contribution is 2.53. The van der Waals surface area contributed by atoms with Gasteiger partial charge in [0.15, 0.2) is 0 Å². The van der Waals surface area contributed by atoms with E-state index in [9.17, 15) is 19.2 Å². The van der Waals surface area contributed by atoms with E-state index < -0.39 is 24.4 Å². The summed E-state index contributed by atoms with van der Waals surface area (Å²) in [5.74, 6) is 20.0. The molecule has 9 atom stereocenters. The minimum atomic E-state index is -0.615. The zero-order chi connectivity index (χ0) is 39.5. The van der Waals surface area contributed by atoms with Gasteiger partial charge in [-0.05, 0) is 85.4 Å². The Kier molecular flexibility index (Phi) is 17.7. The van der Waals surface area contributed by atoms with Gasteiger partial charge in [0.05, 0.1) is 33.0 Å². The molecule has 13 heteroatoms. The number of terminal acetylenes is 1. The molecular weight excluding hydrogens is 716 g/mol. The maximum Gasteiger partial charge on any atom is 0.409 e. The Labute approximate surface area is 333 Å². The second-order valence-corrected chi connectivity index (χ2v) is 15.7. The third kappa shape index (κ3) is 14.0. The summed E-state index contributed by atoms with van der Waals surface area (Å²) in [6.07, 6.45) is 15.0. The predicted octanol–water partition coefficient (Wildman–Crippen LogP) is 5.58. The first-order valence-corrected chi connectivity index (χ1v) is 21.0. The second-order valence-electron chi connectivity index (χ2n) is 15.7. The van der Waals surface area contributed by atoms with E-state index in [1.165, 1.54) is 4.90 Å². The standard InChI is InChI=1S/C43H62N4O9/c1-3-5-15-32-31(14-4-2)37(32)28-56-42(50)46-22-25-52-26-27-53-43(51)47(23-20-44-40(48)54-29-38-33-16-10-6-7-11-17-34(33)38)24-21-45-41(49)55-30-39-35-18-12-8-9-13-19-36(35)39/h1,31-39H,4-5,10-30H2,2H3,(H,44,48)(H,45,49)(H,46,50)/t31-,32+,33-,34+,35-,36+,37-,38-,39-/m1/s1. The molecule has 3 fully saturated rings. The third-order valence-electron chi connectivity index (χ3n) is 12.2. The van der Waals surface area contributed by atoms with Crippen LogP contribution in [-0.4, -0.2) is 102 Å². The molecule has 5 rings (SSSR count). The number of hydrogen-bond acceptors (Lipinski definition) is 9. The summed E-state index contributed by atoms with van der Waals surface area (Å²) in [5.41, 5.74) is 0. The van der Waals surface area contributed by atoms with E-state index in [1.807, 2.05) is 0 Å². The fraction of sp³-hybridized carbons (Fsp3) is 0.767. The molecule has 0 saturated heterocycles. The number of amides is 4. The van der Waals surface area contributed by atoms with E-state index >= 15 is 0 Å². The van der Waals surface area contributed by atoms with Crippen LogP contribution in [0.25, 0.3) is 0 Å². The van der Waals surface area contributed by atoms with Crippen LogP contribution in [0.1, 0.15) is 84.0 Å². The normalized spacial score (nSPS) is 27.7. The van der Waals surface area contributed by atoms with Crippen molar-refractivity contribution in [2.24, 2.45) is 53.3 Å². The van der Waals surface area contributed by atoms with Gasteiger partial charge in [0.25, 0.3) is 0 Å². The molecular formula is C43H62N4O9. The van der Waals surface area contributed by atoms with Crippen molar-refractivity contribution in [3.05, 3.63) is 0 Å². The third-order valence-corrected chi connectivity index (χ3v) is 12.2. The Hall–Kier alpha value is -4.28. The molecule has 308 valence electrons. The first-order valence-electron chi connectivity index (χ1n) is 21.0. The van der Waals surface area contributed by atoms with Gasteiger partial charge in [-0.3, -0.25) is 0 Å². The van der Waals surface area contributed by atoms with Crippen molar-refractivity contribution in [3.63, 3.8) is 0 Å². The topological polar surface area (TPSA) is 154 Å². The number of nitrogens with zero attached hydrogens (tertiary/aromatic N) is 1. The van der Waals surface area contributed by atoms with Crippen molar-refractivity contribution in [2.45, 2.75) is 84.0 Å². The summed E-state index contributed by atoms with van der Waals surface area (Å²) in [5, 5.41) is 8.16. The second kappa shape index (κ2) is 23.1. The quantitative estimate of drug-likeness (QED) is 0.0727. The van der Waals surface area contributed by atoms with E-state index in [0.717, 1.165) is 77.0 Å². The molecule has 0 spiro atoms. The van der Waals surface area contributed by atoms with E-state index in [1.54, 1.807) is 0 Å². The largest absolute Gasteiger partial charge is 0.449 e. The van der Waals surface area contributed by atoms with Crippen molar-refractivity contribution >= 4 is 24.4 Å². The molecule has 0 aromatic carbocycles. The van der Waals surface area contributed by atoms with Crippen molar-refractivity contribution in [3.8, 4) is 36.0 Å². The van der Waals surface area contributed by atoms with Gasteiger partial charge >= 0.3 is 24.4 Å². The van der Waals surface area contributed by atoms with E-state index in [2.05, 4.69) is 52.5 Å². The average molecular weight is 779 g/mol. The molecule has 0 aliphatic heterocycles. The van der Waals surface area contributed by atoms with Crippen LogP contribution in [0.3, 0.4) is 0 Å². The highest BCUT2D eigenvalue weighted by molar-refractivity contribution is 5.69.